The molecule has 0 N–H and O–H groups in total. The van der Waals surface area contributed by atoms with Gasteiger partial charge >= 0.3 is 0 Å². The third-order valence-corrected chi connectivity index (χ3v) is 4.22. The minimum atomic E-state index is 0.0797. The Morgan fingerprint density at radius 3 is 3.12 bits per heavy atom. The molecule has 0 spiro atoms. The van der Waals surface area contributed by atoms with Crippen LogP contribution < -0.4 is 0 Å². The van der Waals surface area contributed by atoms with E-state index < -0.39 is 0 Å². The van der Waals surface area contributed by atoms with Gasteiger partial charge in [0.05, 0.1) is 5.69 Å². The molecule has 1 aliphatic rings. The van der Waals surface area contributed by atoms with Crippen molar-refractivity contribution in [3.8, 4) is 0 Å². The molecule has 1 fully saturated rings. The van der Waals surface area contributed by atoms with Gasteiger partial charge in [-0.1, -0.05) is 17.8 Å². The predicted octanol–water partition coefficient (Wildman–Crippen LogP) is 2.19. The van der Waals surface area contributed by atoms with E-state index in [0.717, 1.165) is 38.0 Å². The van der Waals surface area contributed by atoms with Crippen molar-refractivity contribution in [2.24, 2.45) is 5.92 Å². The summed E-state index contributed by atoms with van der Waals surface area (Å²) in [5.74, 6) is 1.15. The third-order valence-electron chi connectivity index (χ3n) is 3.03. The van der Waals surface area contributed by atoms with E-state index in [4.69, 9.17) is 11.6 Å². The van der Waals surface area contributed by atoms with Crippen LogP contribution in [-0.2, 0) is 6.42 Å². The van der Waals surface area contributed by atoms with Crippen molar-refractivity contribution in [1.29, 1.82) is 0 Å². The van der Waals surface area contributed by atoms with E-state index >= 15 is 0 Å². The molecule has 2 rings (SSSR count). The molecule has 17 heavy (non-hydrogen) atoms. The lowest BCUT2D eigenvalue weighted by atomic mass is 10.2. The van der Waals surface area contributed by atoms with E-state index in [2.05, 4.69) is 16.5 Å². The zero-order chi connectivity index (χ0) is 12.3. The summed E-state index contributed by atoms with van der Waals surface area (Å²) in [5.41, 5.74) is 0.844. The Hall–Kier alpha value is -0.680. The van der Waals surface area contributed by atoms with Crippen LogP contribution in [0, 0.1) is 5.92 Å². The first kappa shape index (κ1) is 12.8. The fourth-order valence-corrected chi connectivity index (χ4v) is 2.99. The second kappa shape index (κ2) is 5.78. The summed E-state index contributed by atoms with van der Waals surface area (Å²) in [6.07, 6.45) is 2.81. The van der Waals surface area contributed by atoms with Gasteiger partial charge in [0.2, 0.25) is 0 Å². The molecule has 0 aliphatic carbocycles. The number of nitrogens with zero attached hydrogens (tertiary/aromatic N) is 3. The van der Waals surface area contributed by atoms with E-state index in [0.29, 0.717) is 16.7 Å². The largest absolute Gasteiger partial charge is 0.338 e. The summed E-state index contributed by atoms with van der Waals surface area (Å²) in [6.45, 7) is 3.65. The number of aromatic nitrogens is 2. The van der Waals surface area contributed by atoms with Crippen LogP contribution in [0.15, 0.2) is 0 Å². The van der Waals surface area contributed by atoms with Crippen molar-refractivity contribution < 1.29 is 4.79 Å². The number of amides is 1. The van der Waals surface area contributed by atoms with Gasteiger partial charge < -0.3 is 4.90 Å². The van der Waals surface area contributed by atoms with Gasteiger partial charge in [-0.15, -0.1) is 16.7 Å². The summed E-state index contributed by atoms with van der Waals surface area (Å²) in [7, 11) is 0. The molecular weight excluding hydrogens is 258 g/mol. The Morgan fingerprint density at radius 2 is 2.47 bits per heavy atom. The Labute approximate surface area is 110 Å². The highest BCUT2D eigenvalue weighted by Gasteiger charge is 2.28. The van der Waals surface area contributed by atoms with Gasteiger partial charge in [0.1, 0.15) is 4.88 Å². The van der Waals surface area contributed by atoms with Crippen molar-refractivity contribution in [3.05, 3.63) is 10.6 Å². The fourth-order valence-electron chi connectivity index (χ4n) is 2.06. The molecule has 1 atom stereocenters. The quantitative estimate of drug-likeness (QED) is 0.790. The molecule has 4 nitrogen and oxygen atoms in total. The third kappa shape index (κ3) is 2.77. The van der Waals surface area contributed by atoms with E-state index in [-0.39, 0.29) is 5.91 Å². The summed E-state index contributed by atoms with van der Waals surface area (Å²) in [5, 5.41) is 4.03. The molecule has 1 saturated heterocycles. The number of rotatable bonds is 4. The van der Waals surface area contributed by atoms with Crippen LogP contribution in [0.5, 0.6) is 0 Å². The Morgan fingerprint density at radius 1 is 1.65 bits per heavy atom. The molecule has 6 heteroatoms. The summed E-state index contributed by atoms with van der Waals surface area (Å²) in [4.78, 5) is 14.9. The highest BCUT2D eigenvalue weighted by molar-refractivity contribution is 7.08. The average Bonchev–Trinajstić information content (AvgIpc) is 2.97. The summed E-state index contributed by atoms with van der Waals surface area (Å²) < 4.78 is 3.89. The second-order valence-electron chi connectivity index (χ2n) is 4.36. The van der Waals surface area contributed by atoms with Crippen molar-refractivity contribution in [2.75, 3.05) is 19.0 Å². The fraction of sp³-hybridized carbons (Fsp3) is 0.727. The number of carbonyl (C=O) groups excluding carboxylic acids is 1. The number of alkyl halides is 1. The van der Waals surface area contributed by atoms with E-state index in [9.17, 15) is 4.79 Å². The van der Waals surface area contributed by atoms with Gasteiger partial charge in [-0.2, -0.15) is 0 Å². The highest BCUT2D eigenvalue weighted by Crippen LogP contribution is 2.22. The smallest absolute Gasteiger partial charge is 0.267 e. The lowest BCUT2D eigenvalue weighted by Crippen LogP contribution is -2.29. The number of hydrogen-bond acceptors (Lipinski definition) is 4. The number of hydrogen-bond donors (Lipinski definition) is 0. The normalized spacial score (nSPS) is 19.9. The predicted molar refractivity (Wildman–Crippen MR) is 68.6 cm³/mol. The minimum absolute atomic E-state index is 0.0797. The Balaban J connectivity index is 2.06. The van der Waals surface area contributed by atoms with Crippen molar-refractivity contribution >= 4 is 29.0 Å². The van der Waals surface area contributed by atoms with Crippen molar-refractivity contribution in [3.63, 3.8) is 0 Å². The maximum Gasteiger partial charge on any atom is 0.267 e. The van der Waals surface area contributed by atoms with Crippen molar-refractivity contribution in [1.82, 2.24) is 14.5 Å². The minimum Gasteiger partial charge on any atom is -0.338 e. The molecule has 1 aromatic heterocycles. The van der Waals surface area contributed by atoms with Crippen LogP contribution in [0.1, 0.15) is 35.1 Å². The van der Waals surface area contributed by atoms with E-state index in [1.165, 1.54) is 11.5 Å². The topological polar surface area (TPSA) is 46.1 Å². The molecule has 1 unspecified atom stereocenters. The molecule has 0 saturated carbocycles. The number of likely N-dealkylation sites (tertiary alicyclic amines) is 1. The number of halogens is 1. The van der Waals surface area contributed by atoms with Gasteiger partial charge in [-0.25, -0.2) is 0 Å². The molecular formula is C11H16ClN3OS. The number of carbonyl (C=O) groups is 1. The van der Waals surface area contributed by atoms with E-state index in [1.54, 1.807) is 0 Å². The lowest BCUT2D eigenvalue weighted by Gasteiger charge is -2.15. The molecule has 1 amide bonds. The van der Waals surface area contributed by atoms with Crippen LogP contribution in [0.2, 0.25) is 0 Å². The first-order valence-electron chi connectivity index (χ1n) is 5.92. The van der Waals surface area contributed by atoms with Gasteiger partial charge in [-0.3, -0.25) is 4.79 Å². The second-order valence-corrected chi connectivity index (χ2v) is 5.42. The summed E-state index contributed by atoms with van der Waals surface area (Å²) >= 11 is 7.03. The highest BCUT2D eigenvalue weighted by atomic mass is 35.5. The first-order chi connectivity index (χ1) is 8.26. The molecule has 0 bridgehead atoms. The maximum absolute atomic E-state index is 12.3. The molecule has 1 aliphatic heterocycles. The molecule has 1 aromatic rings. The molecule has 94 valence electrons. The van der Waals surface area contributed by atoms with Crippen LogP contribution in [0.25, 0.3) is 0 Å². The Kier molecular flexibility index (Phi) is 4.34. The zero-order valence-electron chi connectivity index (χ0n) is 9.86. The van der Waals surface area contributed by atoms with E-state index in [1.807, 2.05) is 4.90 Å². The zero-order valence-corrected chi connectivity index (χ0v) is 11.4. The van der Waals surface area contributed by atoms with Gasteiger partial charge in [0.25, 0.3) is 5.91 Å². The Bertz CT molecular complexity index is 396. The SMILES string of the molecule is CCCc1nnsc1C(=O)N1CCC(CCl)C1. The van der Waals surface area contributed by atoms with Crippen molar-refractivity contribution in [2.45, 2.75) is 26.2 Å². The van der Waals surface area contributed by atoms with Gasteiger partial charge in [-0.05, 0) is 30.3 Å². The monoisotopic (exact) mass is 273 g/mol. The lowest BCUT2D eigenvalue weighted by molar-refractivity contribution is 0.0792. The maximum atomic E-state index is 12.3. The molecule has 2 heterocycles. The number of aryl methyl sites for hydroxylation is 1. The van der Waals surface area contributed by atoms with Crippen LogP contribution in [0.4, 0.5) is 0 Å². The summed E-state index contributed by atoms with van der Waals surface area (Å²) in [6, 6.07) is 0. The first-order valence-corrected chi connectivity index (χ1v) is 7.23. The van der Waals surface area contributed by atoms with Crippen LogP contribution in [-0.4, -0.2) is 39.4 Å². The average molecular weight is 274 g/mol. The van der Waals surface area contributed by atoms with Gasteiger partial charge in [0.15, 0.2) is 0 Å². The van der Waals surface area contributed by atoms with Crippen LogP contribution >= 0.6 is 23.1 Å². The van der Waals surface area contributed by atoms with Crippen LogP contribution in [0.3, 0.4) is 0 Å². The molecule has 0 radical (unpaired) electrons. The standard InChI is InChI=1S/C11H16ClN3OS/c1-2-3-9-10(17-14-13-9)11(16)15-5-4-8(6-12)7-15/h8H,2-7H2,1H3. The molecule has 0 aromatic carbocycles. The van der Waals surface area contributed by atoms with Gasteiger partial charge in [0, 0.05) is 19.0 Å².